The van der Waals surface area contributed by atoms with E-state index in [0.29, 0.717) is 11.6 Å². The molecular weight excluding hydrogens is 260 g/mol. The van der Waals surface area contributed by atoms with Crippen molar-refractivity contribution < 1.29 is 0 Å². The van der Waals surface area contributed by atoms with Gasteiger partial charge in [-0.25, -0.2) is 0 Å². The minimum atomic E-state index is 0.557. The summed E-state index contributed by atoms with van der Waals surface area (Å²) in [5, 5.41) is 13.7. The van der Waals surface area contributed by atoms with Gasteiger partial charge in [-0.15, -0.1) is 0 Å². The van der Waals surface area contributed by atoms with E-state index in [9.17, 15) is 5.26 Å². The molecule has 21 heavy (non-hydrogen) atoms. The lowest BCUT2D eigenvalue weighted by molar-refractivity contribution is 0.273. The van der Waals surface area contributed by atoms with Crippen molar-refractivity contribution in [1.82, 2.24) is 9.88 Å². The number of rotatable bonds is 6. The first kappa shape index (κ1) is 15.3. The molecule has 0 spiro atoms. The minimum Gasteiger partial charge on any atom is -0.383 e. The van der Waals surface area contributed by atoms with Crippen LogP contribution in [0.1, 0.15) is 25.8 Å². The van der Waals surface area contributed by atoms with Gasteiger partial charge in [0.2, 0.25) is 0 Å². The molecule has 2 aromatic rings. The summed E-state index contributed by atoms with van der Waals surface area (Å²) in [6.45, 7) is 6.27. The van der Waals surface area contributed by atoms with Gasteiger partial charge in [-0.3, -0.25) is 4.98 Å². The molecule has 1 N–H and O–H groups in total. The van der Waals surface area contributed by atoms with E-state index in [4.69, 9.17) is 0 Å². The van der Waals surface area contributed by atoms with Gasteiger partial charge in [-0.2, -0.15) is 5.26 Å². The second-order valence-corrected chi connectivity index (χ2v) is 5.53. The predicted octanol–water partition coefficient (Wildman–Crippen LogP) is 3.25. The zero-order chi connectivity index (χ0) is 15.2. The molecular formula is C17H22N4. The predicted molar refractivity (Wildman–Crippen MR) is 87.3 cm³/mol. The lowest BCUT2D eigenvalue weighted by atomic mass is 10.1. The Hall–Kier alpha value is -2.12. The minimum absolute atomic E-state index is 0.557. The van der Waals surface area contributed by atoms with Gasteiger partial charge in [0, 0.05) is 24.2 Å². The molecule has 1 aromatic heterocycles. The number of anilines is 1. The molecule has 2 rings (SSSR count). The molecule has 4 heteroatoms. The lowest BCUT2D eigenvalue weighted by Crippen LogP contribution is -2.28. The average molecular weight is 282 g/mol. The van der Waals surface area contributed by atoms with Gasteiger partial charge in [0.15, 0.2) is 0 Å². The van der Waals surface area contributed by atoms with Crippen LogP contribution in [-0.2, 0) is 0 Å². The van der Waals surface area contributed by atoms with Crippen molar-refractivity contribution in [2.45, 2.75) is 26.3 Å². The zero-order valence-electron chi connectivity index (χ0n) is 12.9. The largest absolute Gasteiger partial charge is 0.383 e. The van der Waals surface area contributed by atoms with E-state index in [0.717, 1.165) is 36.1 Å². The van der Waals surface area contributed by atoms with Gasteiger partial charge in [-0.1, -0.05) is 18.2 Å². The van der Waals surface area contributed by atoms with E-state index in [1.54, 1.807) is 6.20 Å². The molecule has 0 bridgehead atoms. The highest BCUT2D eigenvalue weighted by molar-refractivity contribution is 5.93. The number of hydrogen-bond acceptors (Lipinski definition) is 4. The zero-order valence-corrected chi connectivity index (χ0v) is 12.9. The molecule has 0 saturated carbocycles. The van der Waals surface area contributed by atoms with E-state index in [2.05, 4.69) is 42.2 Å². The van der Waals surface area contributed by atoms with Crippen LogP contribution in [0.5, 0.6) is 0 Å². The maximum absolute atomic E-state index is 9.26. The maximum Gasteiger partial charge on any atom is 0.103 e. The highest BCUT2D eigenvalue weighted by atomic mass is 15.1. The summed E-state index contributed by atoms with van der Waals surface area (Å²) in [5.74, 6) is 0. The summed E-state index contributed by atoms with van der Waals surface area (Å²) in [5.41, 5.74) is 2.42. The molecule has 0 aliphatic carbocycles. The number of nitrogens with zero attached hydrogens (tertiary/aromatic N) is 3. The standard InChI is InChI=1S/C17H22N4/c1-13(2)21(3)10-6-9-19-17-14(11-18)12-20-16-8-5-4-7-15(16)17/h4-5,7-8,12-13H,6,9-10H2,1-3H3,(H,19,20). The SMILES string of the molecule is CC(C)N(C)CCCNc1c(C#N)cnc2ccccc12. The maximum atomic E-state index is 9.26. The summed E-state index contributed by atoms with van der Waals surface area (Å²) in [7, 11) is 2.13. The molecule has 1 heterocycles. The van der Waals surface area contributed by atoms with Gasteiger partial charge in [-0.05, 0) is 39.9 Å². The smallest absolute Gasteiger partial charge is 0.103 e. The number of pyridine rings is 1. The third-order valence-corrected chi connectivity index (χ3v) is 3.77. The Morgan fingerprint density at radius 1 is 1.33 bits per heavy atom. The van der Waals surface area contributed by atoms with Gasteiger partial charge in [0.05, 0.1) is 16.8 Å². The molecule has 0 amide bonds. The van der Waals surface area contributed by atoms with Crippen LogP contribution < -0.4 is 5.32 Å². The topological polar surface area (TPSA) is 52.0 Å². The van der Waals surface area contributed by atoms with Crippen molar-refractivity contribution in [3.05, 3.63) is 36.0 Å². The quantitative estimate of drug-likeness (QED) is 0.826. The summed E-state index contributed by atoms with van der Waals surface area (Å²) >= 11 is 0. The third-order valence-electron chi connectivity index (χ3n) is 3.77. The number of para-hydroxylation sites is 1. The third kappa shape index (κ3) is 3.71. The first-order valence-electron chi connectivity index (χ1n) is 7.35. The van der Waals surface area contributed by atoms with Crippen LogP contribution in [-0.4, -0.2) is 36.1 Å². The van der Waals surface area contributed by atoms with Gasteiger partial charge in [0.1, 0.15) is 6.07 Å². The van der Waals surface area contributed by atoms with Gasteiger partial charge < -0.3 is 10.2 Å². The van der Waals surface area contributed by atoms with Crippen LogP contribution in [0, 0.1) is 11.3 Å². The number of benzene rings is 1. The second-order valence-electron chi connectivity index (χ2n) is 5.53. The van der Waals surface area contributed by atoms with Gasteiger partial charge >= 0.3 is 0 Å². The molecule has 0 saturated heterocycles. The van der Waals surface area contributed by atoms with Crippen molar-refractivity contribution in [2.24, 2.45) is 0 Å². The highest BCUT2D eigenvalue weighted by Crippen LogP contribution is 2.25. The average Bonchev–Trinajstić information content (AvgIpc) is 2.50. The molecule has 0 unspecified atom stereocenters. The molecule has 0 aliphatic rings. The Labute approximate surface area is 126 Å². The van der Waals surface area contributed by atoms with Crippen molar-refractivity contribution >= 4 is 16.6 Å². The number of hydrogen-bond donors (Lipinski definition) is 1. The number of nitriles is 1. The van der Waals surface area contributed by atoms with Crippen LogP contribution >= 0.6 is 0 Å². The van der Waals surface area contributed by atoms with Crippen LogP contribution in [0.15, 0.2) is 30.5 Å². The molecule has 1 aromatic carbocycles. The number of aromatic nitrogens is 1. The van der Waals surface area contributed by atoms with E-state index < -0.39 is 0 Å². The normalized spacial score (nSPS) is 11.0. The molecule has 0 fully saturated rings. The molecule has 4 nitrogen and oxygen atoms in total. The van der Waals surface area contributed by atoms with Crippen LogP contribution in [0.2, 0.25) is 0 Å². The molecule has 110 valence electrons. The van der Waals surface area contributed by atoms with E-state index >= 15 is 0 Å². The number of nitrogens with one attached hydrogen (secondary N) is 1. The fourth-order valence-electron chi connectivity index (χ4n) is 2.22. The van der Waals surface area contributed by atoms with Crippen LogP contribution in [0.3, 0.4) is 0 Å². The van der Waals surface area contributed by atoms with Crippen LogP contribution in [0.25, 0.3) is 10.9 Å². The molecule has 0 radical (unpaired) electrons. The number of fused-ring (bicyclic) bond motifs is 1. The molecule has 0 aliphatic heterocycles. The van der Waals surface area contributed by atoms with E-state index in [-0.39, 0.29) is 0 Å². The lowest BCUT2D eigenvalue weighted by Gasteiger charge is -2.21. The Bertz CT molecular complexity index is 643. The van der Waals surface area contributed by atoms with E-state index in [1.807, 2.05) is 24.3 Å². The van der Waals surface area contributed by atoms with Crippen molar-refractivity contribution in [2.75, 3.05) is 25.5 Å². The highest BCUT2D eigenvalue weighted by Gasteiger charge is 2.08. The van der Waals surface area contributed by atoms with Crippen LogP contribution in [0.4, 0.5) is 5.69 Å². The first-order valence-corrected chi connectivity index (χ1v) is 7.35. The van der Waals surface area contributed by atoms with Crippen molar-refractivity contribution in [1.29, 1.82) is 5.26 Å². The molecule has 0 atom stereocenters. The summed E-state index contributed by atoms with van der Waals surface area (Å²) in [6.07, 6.45) is 2.68. The fraction of sp³-hybridized carbons (Fsp3) is 0.412. The fourth-order valence-corrected chi connectivity index (χ4v) is 2.22. The van der Waals surface area contributed by atoms with Crippen molar-refractivity contribution in [3.63, 3.8) is 0 Å². The van der Waals surface area contributed by atoms with E-state index in [1.165, 1.54) is 0 Å². The second kappa shape index (κ2) is 7.05. The Morgan fingerprint density at radius 3 is 2.81 bits per heavy atom. The van der Waals surface area contributed by atoms with Gasteiger partial charge in [0.25, 0.3) is 0 Å². The Morgan fingerprint density at radius 2 is 2.10 bits per heavy atom. The van der Waals surface area contributed by atoms with Crippen molar-refractivity contribution in [3.8, 4) is 6.07 Å². The summed E-state index contributed by atoms with van der Waals surface area (Å²) in [6, 6.07) is 10.7. The monoisotopic (exact) mass is 282 g/mol. The Kier molecular flexibility index (Phi) is 5.13. The summed E-state index contributed by atoms with van der Waals surface area (Å²) in [4.78, 5) is 6.64. The first-order chi connectivity index (χ1) is 10.1. The summed E-state index contributed by atoms with van der Waals surface area (Å²) < 4.78 is 0. The Balaban J connectivity index is 2.09.